The normalized spacial score (nSPS) is 10.7. The van der Waals surface area contributed by atoms with E-state index in [4.69, 9.17) is 5.26 Å². The molecule has 0 atom stereocenters. The minimum absolute atomic E-state index is 0.0613. The van der Waals surface area contributed by atoms with Crippen LogP contribution in [0.3, 0.4) is 0 Å². The van der Waals surface area contributed by atoms with Crippen LogP contribution in [0.1, 0.15) is 11.1 Å². The zero-order chi connectivity index (χ0) is 15.0. The SMILES string of the molecule is Cn1ncc2c(=O)n(Cc3ccc(C#N)cc3F)nnc21. The zero-order valence-corrected chi connectivity index (χ0v) is 11.0. The molecule has 2 heterocycles. The van der Waals surface area contributed by atoms with Crippen molar-refractivity contribution in [3.05, 3.63) is 51.7 Å². The zero-order valence-electron chi connectivity index (χ0n) is 11.0. The van der Waals surface area contributed by atoms with Crippen molar-refractivity contribution in [3.8, 4) is 6.07 Å². The lowest BCUT2D eigenvalue weighted by Crippen LogP contribution is -2.25. The van der Waals surface area contributed by atoms with E-state index in [1.54, 1.807) is 7.05 Å². The van der Waals surface area contributed by atoms with Crippen LogP contribution in [0.15, 0.2) is 29.2 Å². The van der Waals surface area contributed by atoms with Crippen LogP contribution < -0.4 is 5.56 Å². The molecule has 0 spiro atoms. The number of fused-ring (bicyclic) bond motifs is 1. The Morgan fingerprint density at radius 2 is 2.24 bits per heavy atom. The van der Waals surface area contributed by atoms with Crippen LogP contribution in [-0.2, 0) is 13.6 Å². The fourth-order valence-electron chi connectivity index (χ4n) is 1.99. The third-order valence-corrected chi connectivity index (χ3v) is 3.12. The summed E-state index contributed by atoms with van der Waals surface area (Å²) in [6.07, 6.45) is 1.40. The van der Waals surface area contributed by atoms with Gasteiger partial charge in [-0.15, -0.1) is 5.10 Å². The van der Waals surface area contributed by atoms with Crippen LogP contribution in [0, 0.1) is 17.1 Å². The maximum absolute atomic E-state index is 13.8. The molecule has 0 aliphatic heterocycles. The maximum Gasteiger partial charge on any atom is 0.281 e. The summed E-state index contributed by atoms with van der Waals surface area (Å²) in [4.78, 5) is 12.2. The topological polar surface area (TPSA) is 89.4 Å². The summed E-state index contributed by atoms with van der Waals surface area (Å²) in [7, 11) is 1.65. The molecular weight excluding hydrogens is 275 g/mol. The Kier molecular flexibility index (Phi) is 2.95. The molecule has 0 radical (unpaired) electrons. The van der Waals surface area contributed by atoms with Gasteiger partial charge in [0.1, 0.15) is 11.2 Å². The average Bonchev–Trinajstić information content (AvgIpc) is 2.86. The molecule has 8 heteroatoms. The summed E-state index contributed by atoms with van der Waals surface area (Å²) >= 11 is 0. The Labute approximate surface area is 117 Å². The van der Waals surface area contributed by atoms with Gasteiger partial charge in [0.15, 0.2) is 5.65 Å². The summed E-state index contributed by atoms with van der Waals surface area (Å²) in [5, 5.41) is 20.6. The van der Waals surface area contributed by atoms with Gasteiger partial charge in [-0.1, -0.05) is 11.3 Å². The molecule has 21 heavy (non-hydrogen) atoms. The molecule has 0 aliphatic carbocycles. The van der Waals surface area contributed by atoms with Gasteiger partial charge in [0.2, 0.25) is 0 Å². The first-order chi connectivity index (χ1) is 10.1. The largest absolute Gasteiger partial charge is 0.281 e. The van der Waals surface area contributed by atoms with E-state index in [0.717, 1.165) is 10.7 Å². The number of halogens is 1. The van der Waals surface area contributed by atoms with E-state index >= 15 is 0 Å². The number of rotatable bonds is 2. The molecule has 0 bridgehead atoms. The maximum atomic E-state index is 13.8. The second-order valence-corrected chi connectivity index (χ2v) is 4.48. The monoisotopic (exact) mass is 284 g/mol. The number of hydrogen-bond acceptors (Lipinski definition) is 5. The van der Waals surface area contributed by atoms with E-state index in [2.05, 4.69) is 15.4 Å². The van der Waals surface area contributed by atoms with Gasteiger partial charge in [-0.25, -0.2) is 13.8 Å². The Hall–Kier alpha value is -3.08. The van der Waals surface area contributed by atoms with Crippen molar-refractivity contribution in [2.45, 2.75) is 6.54 Å². The average molecular weight is 284 g/mol. The molecule has 1 aromatic carbocycles. The third kappa shape index (κ3) is 2.14. The predicted molar refractivity (Wildman–Crippen MR) is 70.8 cm³/mol. The second-order valence-electron chi connectivity index (χ2n) is 4.48. The molecule has 3 aromatic rings. The molecule has 0 saturated heterocycles. The fraction of sp³-hybridized carbons (Fsp3) is 0.154. The van der Waals surface area contributed by atoms with Gasteiger partial charge in [0.25, 0.3) is 5.56 Å². The van der Waals surface area contributed by atoms with Crippen LogP contribution in [0.5, 0.6) is 0 Å². The minimum Gasteiger partial charge on any atom is -0.267 e. The molecule has 3 rings (SSSR count). The van der Waals surface area contributed by atoms with Crippen molar-refractivity contribution in [1.82, 2.24) is 24.8 Å². The first-order valence-electron chi connectivity index (χ1n) is 6.04. The van der Waals surface area contributed by atoms with Crippen LogP contribution in [-0.4, -0.2) is 24.8 Å². The first-order valence-corrected chi connectivity index (χ1v) is 6.04. The van der Waals surface area contributed by atoms with Gasteiger partial charge < -0.3 is 0 Å². The van der Waals surface area contributed by atoms with Gasteiger partial charge in [0, 0.05) is 12.6 Å². The van der Waals surface area contributed by atoms with E-state index in [-0.39, 0.29) is 17.7 Å². The summed E-state index contributed by atoms with van der Waals surface area (Å²) in [6.45, 7) is -0.0613. The van der Waals surface area contributed by atoms with E-state index in [9.17, 15) is 9.18 Å². The summed E-state index contributed by atoms with van der Waals surface area (Å²) < 4.78 is 16.3. The summed E-state index contributed by atoms with van der Waals surface area (Å²) in [6, 6.07) is 5.91. The molecule has 104 valence electrons. The van der Waals surface area contributed by atoms with Gasteiger partial charge in [0.05, 0.1) is 24.4 Å². The second kappa shape index (κ2) is 4.79. The van der Waals surface area contributed by atoms with Crippen molar-refractivity contribution in [2.24, 2.45) is 7.05 Å². The Morgan fingerprint density at radius 3 is 2.95 bits per heavy atom. The minimum atomic E-state index is -0.561. The Morgan fingerprint density at radius 1 is 1.43 bits per heavy atom. The lowest BCUT2D eigenvalue weighted by molar-refractivity contribution is 0.554. The number of nitriles is 1. The third-order valence-electron chi connectivity index (χ3n) is 3.12. The molecule has 0 amide bonds. The quantitative estimate of drug-likeness (QED) is 0.687. The molecule has 0 N–H and O–H groups in total. The fourth-order valence-corrected chi connectivity index (χ4v) is 1.99. The predicted octanol–water partition coefficient (Wildman–Crippen LogP) is 0.584. The highest BCUT2D eigenvalue weighted by atomic mass is 19.1. The number of nitrogens with zero attached hydrogens (tertiary/aromatic N) is 6. The van der Waals surface area contributed by atoms with E-state index in [1.165, 1.54) is 23.0 Å². The lowest BCUT2D eigenvalue weighted by atomic mass is 10.1. The van der Waals surface area contributed by atoms with Crippen LogP contribution in [0.2, 0.25) is 0 Å². The highest BCUT2D eigenvalue weighted by Crippen LogP contribution is 2.11. The molecule has 0 aliphatic rings. The van der Waals surface area contributed by atoms with Crippen LogP contribution in [0.25, 0.3) is 11.0 Å². The molecule has 7 nitrogen and oxygen atoms in total. The van der Waals surface area contributed by atoms with Crippen LogP contribution >= 0.6 is 0 Å². The van der Waals surface area contributed by atoms with E-state index in [1.807, 2.05) is 6.07 Å². The van der Waals surface area contributed by atoms with Gasteiger partial charge >= 0.3 is 0 Å². The molecular formula is C13H9FN6O. The van der Waals surface area contributed by atoms with Crippen LogP contribution in [0.4, 0.5) is 4.39 Å². The molecule has 0 unspecified atom stereocenters. The number of aryl methyl sites for hydroxylation is 1. The van der Waals surface area contributed by atoms with Gasteiger partial charge in [-0.2, -0.15) is 10.4 Å². The Balaban J connectivity index is 2.05. The first kappa shape index (κ1) is 12.9. The lowest BCUT2D eigenvalue weighted by Gasteiger charge is -2.05. The van der Waals surface area contributed by atoms with Gasteiger partial charge in [-0.3, -0.25) is 4.79 Å². The van der Waals surface area contributed by atoms with Gasteiger partial charge in [-0.05, 0) is 12.1 Å². The summed E-state index contributed by atoms with van der Waals surface area (Å²) in [5.74, 6) is -0.561. The molecule has 0 saturated carbocycles. The summed E-state index contributed by atoms with van der Waals surface area (Å²) in [5.41, 5.74) is 0.458. The van der Waals surface area contributed by atoms with Crippen molar-refractivity contribution >= 4 is 11.0 Å². The van der Waals surface area contributed by atoms with Crippen molar-refractivity contribution in [3.63, 3.8) is 0 Å². The van der Waals surface area contributed by atoms with Crippen molar-refractivity contribution < 1.29 is 4.39 Å². The van der Waals surface area contributed by atoms with E-state index in [0.29, 0.717) is 11.0 Å². The highest BCUT2D eigenvalue weighted by Gasteiger charge is 2.11. The molecule has 2 aromatic heterocycles. The van der Waals surface area contributed by atoms with Crippen molar-refractivity contribution in [1.29, 1.82) is 5.26 Å². The smallest absolute Gasteiger partial charge is 0.267 e. The molecule has 0 fully saturated rings. The van der Waals surface area contributed by atoms with E-state index < -0.39 is 11.4 Å². The van der Waals surface area contributed by atoms with Crippen molar-refractivity contribution in [2.75, 3.05) is 0 Å². The highest BCUT2D eigenvalue weighted by molar-refractivity contribution is 5.72. The standard InChI is InChI=1S/C13H9FN6O/c1-19-12-10(6-16-19)13(21)20(18-17-12)7-9-3-2-8(5-15)4-11(9)14/h2-4,6H,7H2,1H3. The number of aromatic nitrogens is 5. The number of benzene rings is 1. The number of hydrogen-bond donors (Lipinski definition) is 0. The Bertz CT molecular complexity index is 936.